The van der Waals surface area contributed by atoms with Gasteiger partial charge in [-0.15, -0.1) is 0 Å². The molecule has 140 valence electrons. The number of fused-ring (bicyclic) bond motifs is 1. The van der Waals surface area contributed by atoms with Crippen LogP contribution in [-0.4, -0.2) is 28.0 Å². The Hall–Kier alpha value is -3.39. The minimum atomic E-state index is -0.525. The van der Waals surface area contributed by atoms with Crippen LogP contribution < -0.4 is 15.2 Å². The van der Waals surface area contributed by atoms with Crippen LogP contribution in [0.4, 0.5) is 5.69 Å². The number of ether oxygens (including phenoxy) is 2. The number of H-pyrrole nitrogens is 1. The largest absolute Gasteiger partial charge is 0.493 e. The lowest BCUT2D eigenvalue weighted by Gasteiger charge is -2.11. The van der Waals surface area contributed by atoms with Gasteiger partial charge in [0, 0.05) is 40.2 Å². The number of pyridine rings is 2. The van der Waals surface area contributed by atoms with Crippen molar-refractivity contribution in [1.82, 2.24) is 15.0 Å². The van der Waals surface area contributed by atoms with Gasteiger partial charge in [-0.2, -0.15) is 0 Å². The van der Waals surface area contributed by atoms with Crippen LogP contribution in [0.5, 0.6) is 11.5 Å². The zero-order valence-electron chi connectivity index (χ0n) is 14.8. The summed E-state index contributed by atoms with van der Waals surface area (Å²) in [5.74, 6) is 0.213. The first kappa shape index (κ1) is 18.0. The van der Waals surface area contributed by atoms with Crippen LogP contribution in [0.25, 0.3) is 22.2 Å². The third kappa shape index (κ3) is 3.41. The second-order valence-corrected chi connectivity index (χ2v) is 6.93. The van der Waals surface area contributed by atoms with Crippen molar-refractivity contribution in [2.45, 2.75) is 0 Å². The van der Waals surface area contributed by atoms with E-state index >= 15 is 0 Å². The summed E-state index contributed by atoms with van der Waals surface area (Å²) in [6, 6.07) is 8.88. The number of hydrogen-bond donors (Lipinski definition) is 2. The molecule has 0 amide bonds. The first-order chi connectivity index (χ1) is 13.5. The Morgan fingerprint density at radius 3 is 2.75 bits per heavy atom. The summed E-state index contributed by atoms with van der Waals surface area (Å²) in [6.45, 7) is 0. The van der Waals surface area contributed by atoms with E-state index in [1.165, 1.54) is 13.3 Å². The fourth-order valence-electron chi connectivity index (χ4n) is 2.80. The second-order valence-electron chi connectivity index (χ2n) is 6.01. The highest BCUT2D eigenvalue weighted by Crippen LogP contribution is 2.34. The monoisotopic (exact) mass is 438 g/mol. The lowest BCUT2D eigenvalue weighted by atomic mass is 10.1. The van der Waals surface area contributed by atoms with Crippen LogP contribution >= 0.6 is 15.9 Å². The van der Waals surface area contributed by atoms with Crippen molar-refractivity contribution in [1.29, 1.82) is 0 Å². The summed E-state index contributed by atoms with van der Waals surface area (Å²) >= 11 is 3.29. The molecule has 0 atom stereocenters. The Labute approximate surface area is 168 Å². The minimum Gasteiger partial charge on any atom is -0.493 e. The molecule has 7 nitrogen and oxygen atoms in total. The van der Waals surface area contributed by atoms with Crippen molar-refractivity contribution in [2.24, 2.45) is 0 Å². The van der Waals surface area contributed by atoms with E-state index in [0.29, 0.717) is 27.2 Å². The number of carbonyl (C=O) groups is 1. The Balaban J connectivity index is 1.65. The van der Waals surface area contributed by atoms with Gasteiger partial charge in [0.05, 0.1) is 18.4 Å². The Kier molecular flexibility index (Phi) is 4.70. The zero-order chi connectivity index (χ0) is 19.7. The molecule has 4 rings (SSSR count). The van der Waals surface area contributed by atoms with Crippen molar-refractivity contribution in [3.8, 4) is 22.6 Å². The van der Waals surface area contributed by atoms with Gasteiger partial charge in [0.1, 0.15) is 5.65 Å². The standard InChI is InChI=1S/C20H15BrN4O3/c1-27-18-6-11(12-5-15-16(22)10-25-19(15)24-8-12)2-3-17(18)28-20(26)13-4-14(21)9-23-7-13/h2-10H,22H2,1H3,(H,24,25). The number of nitrogens with one attached hydrogen (secondary N) is 1. The van der Waals surface area contributed by atoms with E-state index in [-0.39, 0.29) is 0 Å². The predicted octanol–water partition coefficient (Wildman–Crippen LogP) is 4.20. The SMILES string of the molecule is COc1cc(-c2cnc3[nH]cc(N)c3c2)ccc1OC(=O)c1cncc(Br)c1. The number of hydrogen-bond acceptors (Lipinski definition) is 6. The maximum absolute atomic E-state index is 12.4. The number of aromatic nitrogens is 3. The summed E-state index contributed by atoms with van der Waals surface area (Å²) < 4.78 is 11.6. The Morgan fingerprint density at radius 1 is 1.11 bits per heavy atom. The van der Waals surface area contributed by atoms with Crippen LogP contribution in [0.1, 0.15) is 10.4 Å². The molecule has 1 aromatic carbocycles. The summed E-state index contributed by atoms with van der Waals surface area (Å²) in [6.07, 6.45) is 6.48. The third-order valence-corrected chi connectivity index (χ3v) is 4.64. The summed E-state index contributed by atoms with van der Waals surface area (Å²) in [5, 5.41) is 0.842. The van der Waals surface area contributed by atoms with Gasteiger partial charge >= 0.3 is 5.97 Å². The third-order valence-electron chi connectivity index (χ3n) is 4.20. The average molecular weight is 439 g/mol. The van der Waals surface area contributed by atoms with Gasteiger partial charge in [-0.05, 0) is 45.8 Å². The normalized spacial score (nSPS) is 10.8. The molecule has 8 heteroatoms. The number of anilines is 1. The Bertz CT molecular complexity index is 1190. The van der Waals surface area contributed by atoms with E-state index < -0.39 is 5.97 Å². The van der Waals surface area contributed by atoms with Gasteiger partial charge in [-0.3, -0.25) is 4.98 Å². The molecule has 0 bridgehead atoms. The van der Waals surface area contributed by atoms with E-state index in [1.54, 1.807) is 36.8 Å². The fraction of sp³-hybridized carbons (Fsp3) is 0.0500. The molecule has 0 aliphatic heterocycles. The maximum atomic E-state index is 12.4. The van der Waals surface area contributed by atoms with Crippen LogP contribution in [0.15, 0.2) is 59.6 Å². The number of benzene rings is 1. The maximum Gasteiger partial charge on any atom is 0.345 e. The molecule has 3 N–H and O–H groups in total. The van der Waals surface area contributed by atoms with Crippen LogP contribution in [0.3, 0.4) is 0 Å². The number of nitrogen functional groups attached to an aromatic ring is 1. The zero-order valence-corrected chi connectivity index (χ0v) is 16.4. The quantitative estimate of drug-likeness (QED) is 0.365. The summed E-state index contributed by atoms with van der Waals surface area (Å²) in [5.41, 5.74) is 9.37. The summed E-state index contributed by atoms with van der Waals surface area (Å²) in [4.78, 5) is 23.7. The van der Waals surface area contributed by atoms with Crippen molar-refractivity contribution in [3.63, 3.8) is 0 Å². The van der Waals surface area contributed by atoms with E-state index in [2.05, 4.69) is 30.9 Å². The van der Waals surface area contributed by atoms with Crippen molar-refractivity contribution < 1.29 is 14.3 Å². The minimum absolute atomic E-state index is 0.312. The number of halogens is 1. The molecular weight excluding hydrogens is 424 g/mol. The van der Waals surface area contributed by atoms with Crippen molar-refractivity contribution in [3.05, 3.63) is 65.2 Å². The van der Waals surface area contributed by atoms with Gasteiger partial charge in [0.2, 0.25) is 0 Å². The molecule has 0 aliphatic rings. The molecule has 0 spiro atoms. The lowest BCUT2D eigenvalue weighted by molar-refractivity contribution is 0.0729. The predicted molar refractivity (Wildman–Crippen MR) is 109 cm³/mol. The molecular formula is C20H15BrN4O3. The van der Waals surface area contributed by atoms with E-state index in [0.717, 1.165) is 22.2 Å². The molecule has 0 unspecified atom stereocenters. The first-order valence-electron chi connectivity index (χ1n) is 8.29. The van der Waals surface area contributed by atoms with Gasteiger partial charge in [-0.25, -0.2) is 9.78 Å². The number of nitrogens with two attached hydrogens (primary N) is 1. The number of methoxy groups -OCH3 is 1. The van der Waals surface area contributed by atoms with Crippen molar-refractivity contribution >= 4 is 38.6 Å². The lowest BCUT2D eigenvalue weighted by Crippen LogP contribution is -2.09. The molecule has 28 heavy (non-hydrogen) atoms. The van der Waals surface area contributed by atoms with Crippen LogP contribution in [0.2, 0.25) is 0 Å². The van der Waals surface area contributed by atoms with Crippen molar-refractivity contribution in [2.75, 3.05) is 12.8 Å². The molecule has 0 saturated heterocycles. The molecule has 4 aromatic rings. The highest BCUT2D eigenvalue weighted by Gasteiger charge is 2.15. The van der Waals surface area contributed by atoms with E-state index in [1.807, 2.05) is 12.1 Å². The highest BCUT2D eigenvalue weighted by molar-refractivity contribution is 9.10. The molecule has 0 aliphatic carbocycles. The Morgan fingerprint density at radius 2 is 1.96 bits per heavy atom. The van der Waals surface area contributed by atoms with E-state index in [4.69, 9.17) is 15.2 Å². The number of aromatic amines is 1. The number of nitrogens with zero attached hydrogens (tertiary/aromatic N) is 2. The first-order valence-corrected chi connectivity index (χ1v) is 9.08. The molecule has 0 radical (unpaired) electrons. The molecule has 3 heterocycles. The smallest absolute Gasteiger partial charge is 0.345 e. The van der Waals surface area contributed by atoms with Gasteiger partial charge in [0.15, 0.2) is 11.5 Å². The fourth-order valence-corrected chi connectivity index (χ4v) is 3.16. The topological polar surface area (TPSA) is 103 Å². The van der Waals surface area contributed by atoms with Gasteiger partial charge < -0.3 is 20.2 Å². The molecule has 3 aromatic heterocycles. The van der Waals surface area contributed by atoms with Crippen LogP contribution in [-0.2, 0) is 0 Å². The second kappa shape index (κ2) is 7.32. The van der Waals surface area contributed by atoms with E-state index in [9.17, 15) is 4.79 Å². The average Bonchev–Trinajstić information content (AvgIpc) is 3.08. The number of esters is 1. The number of rotatable bonds is 4. The van der Waals surface area contributed by atoms with Gasteiger partial charge in [-0.1, -0.05) is 6.07 Å². The van der Waals surface area contributed by atoms with Gasteiger partial charge in [0.25, 0.3) is 0 Å². The molecule has 0 fully saturated rings. The molecule has 0 saturated carbocycles. The summed E-state index contributed by atoms with van der Waals surface area (Å²) in [7, 11) is 1.52. The highest BCUT2D eigenvalue weighted by atomic mass is 79.9. The number of carbonyl (C=O) groups excluding carboxylic acids is 1. The van der Waals surface area contributed by atoms with Crippen LogP contribution in [0, 0.1) is 0 Å².